The number of aromatic nitrogens is 4. The van der Waals surface area contributed by atoms with Crippen LogP contribution in [0.1, 0.15) is 44.7 Å². The normalized spacial score (nSPS) is 15.8. The lowest BCUT2D eigenvalue weighted by Crippen LogP contribution is -2.36. The molecule has 0 bridgehead atoms. The van der Waals surface area contributed by atoms with E-state index in [2.05, 4.69) is 22.0 Å². The molecule has 1 saturated heterocycles. The zero-order chi connectivity index (χ0) is 16.2. The first kappa shape index (κ1) is 15.6. The van der Waals surface area contributed by atoms with Gasteiger partial charge in [-0.05, 0) is 25.3 Å². The van der Waals surface area contributed by atoms with E-state index in [-0.39, 0.29) is 5.91 Å². The minimum Gasteiger partial charge on any atom is -0.343 e. The maximum atomic E-state index is 11.4. The van der Waals surface area contributed by atoms with Crippen LogP contribution >= 0.6 is 0 Å². The number of nitrogens with zero attached hydrogens (tertiary/aromatic N) is 5. The summed E-state index contributed by atoms with van der Waals surface area (Å²) in [4.78, 5) is 22.5. The Morgan fingerprint density at radius 3 is 2.65 bits per heavy atom. The fourth-order valence-corrected chi connectivity index (χ4v) is 3.11. The van der Waals surface area contributed by atoms with Gasteiger partial charge in [0, 0.05) is 44.9 Å². The first-order valence-electron chi connectivity index (χ1n) is 8.28. The molecule has 0 unspecified atom stereocenters. The minimum absolute atomic E-state index is 0.161. The largest absolute Gasteiger partial charge is 0.343 e. The average Bonchev–Trinajstić information content (AvgIpc) is 3.04. The summed E-state index contributed by atoms with van der Waals surface area (Å²) in [6, 6.07) is 1.98. The second kappa shape index (κ2) is 6.89. The van der Waals surface area contributed by atoms with E-state index < -0.39 is 0 Å². The van der Waals surface area contributed by atoms with E-state index >= 15 is 0 Å². The maximum Gasteiger partial charge on any atom is 0.219 e. The zero-order valence-electron chi connectivity index (χ0n) is 13.8. The van der Waals surface area contributed by atoms with Crippen molar-refractivity contribution in [3.63, 3.8) is 0 Å². The number of aryl methyl sites for hydroxylation is 1. The van der Waals surface area contributed by atoms with Gasteiger partial charge in [0.2, 0.25) is 5.91 Å². The Balaban J connectivity index is 1.70. The van der Waals surface area contributed by atoms with Crippen molar-refractivity contribution >= 4 is 5.91 Å². The van der Waals surface area contributed by atoms with Crippen LogP contribution in [0.2, 0.25) is 0 Å². The van der Waals surface area contributed by atoms with Gasteiger partial charge in [0.15, 0.2) is 0 Å². The summed E-state index contributed by atoms with van der Waals surface area (Å²) in [7, 11) is 0. The number of amides is 1. The standard InChI is InChI=1S/C17H23N5O/c1-3-8-22-17(4-7-20-22)16-12-18-15(11-19-16)14-5-9-21(10-6-14)13(2)23/h4,7,11-12,14H,3,5-6,8-10H2,1-2H3. The van der Waals surface area contributed by atoms with Crippen molar-refractivity contribution in [2.45, 2.75) is 45.6 Å². The number of likely N-dealkylation sites (tertiary alicyclic amines) is 1. The second-order valence-corrected chi connectivity index (χ2v) is 6.05. The molecule has 3 rings (SSSR count). The highest BCUT2D eigenvalue weighted by atomic mass is 16.2. The van der Waals surface area contributed by atoms with Gasteiger partial charge in [-0.1, -0.05) is 6.92 Å². The van der Waals surface area contributed by atoms with Crippen molar-refractivity contribution in [1.29, 1.82) is 0 Å². The molecule has 3 heterocycles. The predicted octanol–water partition coefficient (Wildman–Crippen LogP) is 2.48. The SMILES string of the molecule is CCCn1nccc1-c1cnc(C2CCN(C(C)=O)CC2)cn1. The Bertz CT molecular complexity index is 656. The van der Waals surface area contributed by atoms with Gasteiger partial charge >= 0.3 is 0 Å². The molecule has 0 atom stereocenters. The van der Waals surface area contributed by atoms with E-state index in [1.54, 1.807) is 13.1 Å². The lowest BCUT2D eigenvalue weighted by molar-refractivity contribution is -0.129. The average molecular weight is 313 g/mol. The molecule has 1 aliphatic rings. The summed E-state index contributed by atoms with van der Waals surface area (Å²) in [6.45, 7) is 6.27. The highest BCUT2D eigenvalue weighted by Crippen LogP contribution is 2.27. The highest BCUT2D eigenvalue weighted by molar-refractivity contribution is 5.73. The van der Waals surface area contributed by atoms with Gasteiger partial charge in [-0.3, -0.25) is 19.4 Å². The van der Waals surface area contributed by atoms with E-state index in [1.165, 1.54) is 0 Å². The van der Waals surface area contributed by atoms with Gasteiger partial charge in [-0.25, -0.2) is 0 Å². The maximum absolute atomic E-state index is 11.4. The van der Waals surface area contributed by atoms with Crippen LogP contribution in [0.5, 0.6) is 0 Å². The summed E-state index contributed by atoms with van der Waals surface area (Å²) in [5.74, 6) is 0.557. The summed E-state index contributed by atoms with van der Waals surface area (Å²) in [5, 5.41) is 4.33. The van der Waals surface area contributed by atoms with Gasteiger partial charge in [0.25, 0.3) is 0 Å². The molecule has 1 amide bonds. The fourth-order valence-electron chi connectivity index (χ4n) is 3.11. The van der Waals surface area contributed by atoms with Crippen LogP contribution in [0.25, 0.3) is 11.4 Å². The molecule has 0 saturated carbocycles. The van der Waals surface area contributed by atoms with Crippen LogP contribution in [-0.4, -0.2) is 43.6 Å². The number of hydrogen-bond donors (Lipinski definition) is 0. The second-order valence-electron chi connectivity index (χ2n) is 6.05. The predicted molar refractivity (Wildman–Crippen MR) is 87.8 cm³/mol. The van der Waals surface area contributed by atoms with Crippen molar-refractivity contribution in [1.82, 2.24) is 24.6 Å². The monoisotopic (exact) mass is 313 g/mol. The molecular weight excluding hydrogens is 290 g/mol. The van der Waals surface area contributed by atoms with Crippen molar-refractivity contribution < 1.29 is 4.79 Å². The van der Waals surface area contributed by atoms with Crippen molar-refractivity contribution in [2.75, 3.05) is 13.1 Å². The van der Waals surface area contributed by atoms with Gasteiger partial charge in [0.05, 0.1) is 17.6 Å². The fraction of sp³-hybridized carbons (Fsp3) is 0.529. The third kappa shape index (κ3) is 3.41. The lowest BCUT2D eigenvalue weighted by atomic mass is 9.94. The molecule has 0 aromatic carbocycles. The van der Waals surface area contributed by atoms with Crippen LogP contribution < -0.4 is 0 Å². The first-order valence-corrected chi connectivity index (χ1v) is 8.28. The highest BCUT2D eigenvalue weighted by Gasteiger charge is 2.23. The summed E-state index contributed by atoms with van der Waals surface area (Å²) < 4.78 is 1.97. The summed E-state index contributed by atoms with van der Waals surface area (Å²) in [6.07, 6.45) is 8.48. The molecular formula is C17H23N5O. The Hall–Kier alpha value is -2.24. The molecule has 23 heavy (non-hydrogen) atoms. The van der Waals surface area contributed by atoms with E-state index in [0.29, 0.717) is 5.92 Å². The number of hydrogen-bond acceptors (Lipinski definition) is 4. The van der Waals surface area contributed by atoms with Gasteiger partial charge in [0.1, 0.15) is 5.69 Å². The van der Waals surface area contributed by atoms with Crippen LogP contribution in [0.15, 0.2) is 24.7 Å². The van der Waals surface area contributed by atoms with Crippen LogP contribution in [0.3, 0.4) is 0 Å². The Labute approximate surface area is 136 Å². The summed E-state index contributed by atoms with van der Waals surface area (Å²) >= 11 is 0. The number of piperidine rings is 1. The summed E-state index contributed by atoms with van der Waals surface area (Å²) in [5.41, 5.74) is 2.90. The van der Waals surface area contributed by atoms with Gasteiger partial charge in [-0.2, -0.15) is 5.10 Å². The van der Waals surface area contributed by atoms with E-state index in [1.807, 2.05) is 28.0 Å². The Morgan fingerprint density at radius 1 is 1.26 bits per heavy atom. The zero-order valence-corrected chi connectivity index (χ0v) is 13.8. The molecule has 6 heteroatoms. The molecule has 0 radical (unpaired) electrons. The van der Waals surface area contributed by atoms with Crippen molar-refractivity contribution in [3.8, 4) is 11.4 Å². The number of carbonyl (C=O) groups is 1. The van der Waals surface area contributed by atoms with Crippen LogP contribution in [0.4, 0.5) is 0 Å². The topological polar surface area (TPSA) is 63.9 Å². The third-order valence-electron chi connectivity index (χ3n) is 4.44. The molecule has 2 aromatic rings. The van der Waals surface area contributed by atoms with E-state index in [4.69, 9.17) is 0 Å². The quantitative estimate of drug-likeness (QED) is 0.870. The molecule has 0 aliphatic carbocycles. The van der Waals surface area contributed by atoms with E-state index in [0.717, 1.165) is 56.0 Å². The molecule has 2 aromatic heterocycles. The Morgan fingerprint density at radius 2 is 2.04 bits per heavy atom. The molecule has 122 valence electrons. The molecule has 6 nitrogen and oxygen atoms in total. The lowest BCUT2D eigenvalue weighted by Gasteiger charge is -2.30. The van der Waals surface area contributed by atoms with E-state index in [9.17, 15) is 4.79 Å². The van der Waals surface area contributed by atoms with Crippen LogP contribution in [-0.2, 0) is 11.3 Å². The minimum atomic E-state index is 0.161. The first-order chi connectivity index (χ1) is 11.2. The molecule has 0 spiro atoms. The molecule has 1 aliphatic heterocycles. The van der Waals surface area contributed by atoms with Crippen molar-refractivity contribution in [3.05, 3.63) is 30.4 Å². The smallest absolute Gasteiger partial charge is 0.219 e. The Kier molecular flexibility index (Phi) is 4.69. The number of carbonyl (C=O) groups excluding carboxylic acids is 1. The van der Waals surface area contributed by atoms with Crippen molar-refractivity contribution in [2.24, 2.45) is 0 Å². The molecule has 0 N–H and O–H groups in total. The number of rotatable bonds is 4. The third-order valence-corrected chi connectivity index (χ3v) is 4.44. The van der Waals surface area contributed by atoms with Gasteiger partial charge in [-0.15, -0.1) is 0 Å². The van der Waals surface area contributed by atoms with Crippen LogP contribution in [0, 0.1) is 0 Å². The molecule has 1 fully saturated rings. The van der Waals surface area contributed by atoms with Gasteiger partial charge < -0.3 is 4.90 Å².